The standard InChI is InChI=1S/C16H20ClFN2O3/c1-10(9-20-7-3-4-15(20)21)19-16(22)11(2)23-14-6-5-12(18)8-13(14)17/h5-6,8,10-11H,3-4,7,9H2,1-2H3,(H,19,22). The lowest BCUT2D eigenvalue weighted by atomic mass is 10.2. The van der Waals surface area contributed by atoms with E-state index in [1.165, 1.54) is 12.1 Å². The zero-order chi connectivity index (χ0) is 17.0. The van der Waals surface area contributed by atoms with Crippen LogP contribution in [0.15, 0.2) is 18.2 Å². The molecule has 0 bridgehead atoms. The molecule has 2 amide bonds. The minimum atomic E-state index is -0.783. The van der Waals surface area contributed by atoms with Gasteiger partial charge in [-0.25, -0.2) is 4.39 Å². The average Bonchev–Trinajstić information content (AvgIpc) is 2.87. The number of amides is 2. The van der Waals surface area contributed by atoms with Crippen LogP contribution in [0.1, 0.15) is 26.7 Å². The molecule has 7 heteroatoms. The summed E-state index contributed by atoms with van der Waals surface area (Å²) in [5, 5.41) is 2.91. The molecular formula is C16H20ClFN2O3. The molecule has 0 radical (unpaired) electrons. The van der Waals surface area contributed by atoms with Crippen molar-refractivity contribution in [2.45, 2.75) is 38.8 Å². The van der Waals surface area contributed by atoms with E-state index >= 15 is 0 Å². The molecule has 1 N–H and O–H groups in total. The van der Waals surface area contributed by atoms with E-state index in [4.69, 9.17) is 16.3 Å². The number of halogens is 2. The van der Waals surface area contributed by atoms with E-state index in [1.807, 2.05) is 6.92 Å². The van der Waals surface area contributed by atoms with Crippen molar-refractivity contribution < 1.29 is 18.7 Å². The number of benzene rings is 1. The van der Waals surface area contributed by atoms with Gasteiger partial charge in [0.2, 0.25) is 5.91 Å². The number of nitrogens with one attached hydrogen (secondary N) is 1. The maximum atomic E-state index is 13.0. The van der Waals surface area contributed by atoms with Crippen molar-refractivity contribution in [2.24, 2.45) is 0 Å². The Morgan fingerprint density at radius 3 is 2.83 bits per heavy atom. The van der Waals surface area contributed by atoms with Gasteiger partial charge in [0.15, 0.2) is 6.10 Å². The lowest BCUT2D eigenvalue weighted by molar-refractivity contribution is -0.130. The van der Waals surface area contributed by atoms with Gasteiger partial charge in [0.25, 0.3) is 5.91 Å². The van der Waals surface area contributed by atoms with Crippen molar-refractivity contribution in [1.82, 2.24) is 10.2 Å². The monoisotopic (exact) mass is 342 g/mol. The van der Waals surface area contributed by atoms with Crippen molar-refractivity contribution in [3.63, 3.8) is 0 Å². The molecule has 1 fully saturated rings. The topological polar surface area (TPSA) is 58.6 Å². The molecule has 1 saturated heterocycles. The summed E-state index contributed by atoms with van der Waals surface area (Å²) in [6.07, 6.45) is 0.653. The lowest BCUT2D eigenvalue weighted by Gasteiger charge is -2.23. The average molecular weight is 343 g/mol. The third-order valence-electron chi connectivity index (χ3n) is 3.62. The van der Waals surface area contributed by atoms with Crippen molar-refractivity contribution in [2.75, 3.05) is 13.1 Å². The van der Waals surface area contributed by atoms with Gasteiger partial charge in [-0.1, -0.05) is 11.6 Å². The number of nitrogens with zero attached hydrogens (tertiary/aromatic N) is 1. The van der Waals surface area contributed by atoms with Gasteiger partial charge in [0.1, 0.15) is 11.6 Å². The first-order chi connectivity index (χ1) is 10.9. The van der Waals surface area contributed by atoms with E-state index in [0.717, 1.165) is 19.0 Å². The van der Waals surface area contributed by atoms with E-state index in [2.05, 4.69) is 5.32 Å². The Kier molecular flexibility index (Phi) is 5.82. The molecule has 1 aromatic rings. The molecule has 0 aromatic heterocycles. The summed E-state index contributed by atoms with van der Waals surface area (Å²) < 4.78 is 18.5. The van der Waals surface area contributed by atoms with Gasteiger partial charge in [-0.2, -0.15) is 0 Å². The Hall–Kier alpha value is -1.82. The van der Waals surface area contributed by atoms with Crippen LogP contribution >= 0.6 is 11.6 Å². The van der Waals surface area contributed by atoms with Gasteiger partial charge in [0.05, 0.1) is 5.02 Å². The molecule has 1 aliphatic heterocycles. The van der Waals surface area contributed by atoms with Gasteiger partial charge in [-0.3, -0.25) is 9.59 Å². The maximum Gasteiger partial charge on any atom is 0.261 e. The fourth-order valence-electron chi connectivity index (χ4n) is 2.45. The highest BCUT2D eigenvalue weighted by Gasteiger charge is 2.24. The second kappa shape index (κ2) is 7.64. The molecule has 0 saturated carbocycles. The minimum absolute atomic E-state index is 0.111. The second-order valence-corrected chi connectivity index (χ2v) is 6.09. The minimum Gasteiger partial charge on any atom is -0.479 e. The number of hydrogen-bond acceptors (Lipinski definition) is 3. The van der Waals surface area contributed by atoms with Crippen LogP contribution in [0.25, 0.3) is 0 Å². The number of carbonyl (C=O) groups excluding carboxylic acids is 2. The fraction of sp³-hybridized carbons (Fsp3) is 0.500. The molecular weight excluding hydrogens is 323 g/mol. The van der Waals surface area contributed by atoms with E-state index in [9.17, 15) is 14.0 Å². The van der Waals surface area contributed by atoms with Crippen molar-refractivity contribution in [1.29, 1.82) is 0 Å². The third-order valence-corrected chi connectivity index (χ3v) is 3.92. The highest BCUT2D eigenvalue weighted by Crippen LogP contribution is 2.25. The SMILES string of the molecule is CC(CN1CCCC1=O)NC(=O)C(C)Oc1ccc(F)cc1Cl. The second-order valence-electron chi connectivity index (χ2n) is 5.69. The van der Waals surface area contributed by atoms with E-state index in [1.54, 1.807) is 11.8 Å². The van der Waals surface area contributed by atoms with Gasteiger partial charge in [-0.05, 0) is 38.5 Å². The molecule has 126 valence electrons. The Morgan fingerprint density at radius 2 is 2.22 bits per heavy atom. The summed E-state index contributed by atoms with van der Waals surface area (Å²) in [6.45, 7) is 4.63. The number of rotatable bonds is 6. The van der Waals surface area contributed by atoms with Crippen LogP contribution in [0.5, 0.6) is 5.75 Å². The van der Waals surface area contributed by atoms with E-state index < -0.39 is 11.9 Å². The predicted octanol–water partition coefficient (Wildman–Crippen LogP) is 2.37. The molecule has 1 aromatic carbocycles. The molecule has 23 heavy (non-hydrogen) atoms. The summed E-state index contributed by atoms with van der Waals surface area (Å²) in [5.41, 5.74) is 0. The molecule has 2 atom stereocenters. The Morgan fingerprint density at radius 1 is 1.48 bits per heavy atom. The van der Waals surface area contributed by atoms with Gasteiger partial charge < -0.3 is 15.0 Å². The van der Waals surface area contributed by atoms with Crippen LogP contribution in [0.4, 0.5) is 4.39 Å². The highest BCUT2D eigenvalue weighted by atomic mass is 35.5. The lowest BCUT2D eigenvalue weighted by Crippen LogP contribution is -2.46. The fourth-order valence-corrected chi connectivity index (χ4v) is 2.66. The zero-order valence-corrected chi connectivity index (χ0v) is 13.9. The zero-order valence-electron chi connectivity index (χ0n) is 13.1. The molecule has 2 rings (SSSR count). The van der Waals surface area contributed by atoms with Gasteiger partial charge >= 0.3 is 0 Å². The molecule has 0 spiro atoms. The van der Waals surface area contributed by atoms with E-state index in [0.29, 0.717) is 13.0 Å². The van der Waals surface area contributed by atoms with Crippen LogP contribution in [-0.2, 0) is 9.59 Å². The molecule has 5 nitrogen and oxygen atoms in total. The van der Waals surface area contributed by atoms with Crippen LogP contribution in [0.2, 0.25) is 5.02 Å². The number of ether oxygens (including phenoxy) is 1. The molecule has 1 aliphatic rings. The highest BCUT2D eigenvalue weighted by molar-refractivity contribution is 6.32. The van der Waals surface area contributed by atoms with Crippen molar-refractivity contribution in [3.05, 3.63) is 29.0 Å². The molecule has 1 heterocycles. The summed E-state index contributed by atoms with van der Waals surface area (Å²) in [7, 11) is 0. The van der Waals surface area contributed by atoms with Crippen LogP contribution in [0, 0.1) is 5.82 Å². The predicted molar refractivity (Wildman–Crippen MR) is 84.9 cm³/mol. The summed E-state index contributed by atoms with van der Waals surface area (Å²) in [4.78, 5) is 25.5. The Balaban J connectivity index is 1.85. The Bertz CT molecular complexity index is 597. The van der Waals surface area contributed by atoms with Crippen molar-refractivity contribution in [3.8, 4) is 5.75 Å². The summed E-state index contributed by atoms with van der Waals surface area (Å²) in [6, 6.07) is 3.55. The van der Waals surface area contributed by atoms with Gasteiger partial charge in [-0.15, -0.1) is 0 Å². The molecule has 0 aliphatic carbocycles. The number of hydrogen-bond donors (Lipinski definition) is 1. The first kappa shape index (κ1) is 17.5. The smallest absolute Gasteiger partial charge is 0.261 e. The number of carbonyl (C=O) groups is 2. The summed E-state index contributed by atoms with van der Waals surface area (Å²) >= 11 is 5.87. The Labute approximate surface area is 139 Å². The van der Waals surface area contributed by atoms with E-state index in [-0.39, 0.29) is 28.6 Å². The van der Waals surface area contributed by atoms with Gasteiger partial charge in [0, 0.05) is 25.6 Å². The first-order valence-electron chi connectivity index (χ1n) is 7.56. The summed E-state index contributed by atoms with van der Waals surface area (Å²) in [5.74, 6) is -0.417. The van der Waals surface area contributed by atoms with Crippen molar-refractivity contribution >= 4 is 23.4 Å². The molecule has 2 unspecified atom stereocenters. The van der Waals surface area contributed by atoms with Crippen LogP contribution in [0.3, 0.4) is 0 Å². The maximum absolute atomic E-state index is 13.0. The normalized spacial score (nSPS) is 17.0. The largest absolute Gasteiger partial charge is 0.479 e. The quantitative estimate of drug-likeness (QED) is 0.863. The third kappa shape index (κ3) is 4.82. The van der Waals surface area contributed by atoms with Crippen LogP contribution < -0.4 is 10.1 Å². The van der Waals surface area contributed by atoms with Crippen LogP contribution in [-0.4, -0.2) is 41.9 Å². The first-order valence-corrected chi connectivity index (χ1v) is 7.94. The number of likely N-dealkylation sites (tertiary alicyclic amines) is 1.